The number of nitrogens with one attached hydrogen (secondary N) is 2. The molecule has 0 radical (unpaired) electrons. The number of sulfone groups is 1. The fourth-order valence-electron chi connectivity index (χ4n) is 3.85. The molecule has 2 N–H and O–H groups in total. The number of halogens is 2. The third-order valence-electron chi connectivity index (χ3n) is 5.53. The van der Waals surface area contributed by atoms with Crippen LogP contribution in [0.1, 0.15) is 19.3 Å². The van der Waals surface area contributed by atoms with Crippen molar-refractivity contribution < 1.29 is 17.5 Å². The quantitative estimate of drug-likeness (QED) is 0.305. The van der Waals surface area contributed by atoms with E-state index in [2.05, 4.69) is 20.5 Å². The van der Waals surface area contributed by atoms with Crippen LogP contribution in [0.3, 0.4) is 0 Å². The van der Waals surface area contributed by atoms with E-state index in [9.17, 15) is 12.8 Å². The summed E-state index contributed by atoms with van der Waals surface area (Å²) in [5.74, 6) is 0.323. The molecule has 0 aromatic heterocycles. The lowest BCUT2D eigenvalue weighted by Gasteiger charge is -2.34. The monoisotopic (exact) mass is 554 g/mol. The number of piperidine rings is 1. The number of nitrogens with zero attached hydrogens (tertiary/aromatic N) is 2. The number of ether oxygens (including phenoxy) is 1. The molecule has 2 aliphatic rings. The number of aliphatic imine (C=N–C) groups is 1. The summed E-state index contributed by atoms with van der Waals surface area (Å²) in [4.78, 5) is 6.42. The molecule has 0 amide bonds. The number of hydrogen-bond donors (Lipinski definition) is 2. The second-order valence-corrected chi connectivity index (χ2v) is 9.77. The molecule has 0 saturated carbocycles. The van der Waals surface area contributed by atoms with Gasteiger partial charge in [-0.1, -0.05) is 12.1 Å². The first kappa shape index (κ1) is 25.3. The molecule has 1 aromatic rings. The van der Waals surface area contributed by atoms with Crippen molar-refractivity contribution in [1.29, 1.82) is 0 Å². The molecule has 1 atom stereocenters. The summed E-state index contributed by atoms with van der Waals surface area (Å²) in [6.07, 6.45) is 3.19. The van der Waals surface area contributed by atoms with Gasteiger partial charge in [0.05, 0.1) is 12.4 Å². The molecule has 170 valence electrons. The summed E-state index contributed by atoms with van der Waals surface area (Å²) in [6.45, 7) is 5.10. The standard InChI is InChI=1S/C20H31FN4O3S.HI/c1-22-20(23-9-13-29(26,27)19-5-3-2-4-18(19)21)24-17-6-10-25(11-7-17)14-16-8-12-28-15-16;/h2-5,16-17H,6-15H2,1H3,(H2,22,23,24);1H. The van der Waals surface area contributed by atoms with Gasteiger partial charge in [0.1, 0.15) is 10.7 Å². The molecule has 0 aliphatic carbocycles. The van der Waals surface area contributed by atoms with Gasteiger partial charge in [-0.25, -0.2) is 12.8 Å². The van der Waals surface area contributed by atoms with Crippen molar-refractivity contribution in [2.24, 2.45) is 10.9 Å². The van der Waals surface area contributed by atoms with Crippen molar-refractivity contribution in [2.45, 2.75) is 30.2 Å². The van der Waals surface area contributed by atoms with Crippen LogP contribution in [0.25, 0.3) is 0 Å². The van der Waals surface area contributed by atoms with Crippen LogP contribution in [-0.2, 0) is 14.6 Å². The van der Waals surface area contributed by atoms with E-state index >= 15 is 0 Å². The maximum Gasteiger partial charge on any atom is 0.191 e. The van der Waals surface area contributed by atoms with E-state index in [0.29, 0.717) is 17.9 Å². The van der Waals surface area contributed by atoms with E-state index in [0.717, 1.165) is 58.2 Å². The van der Waals surface area contributed by atoms with Crippen LogP contribution >= 0.6 is 24.0 Å². The molecule has 30 heavy (non-hydrogen) atoms. The first-order valence-electron chi connectivity index (χ1n) is 10.2. The van der Waals surface area contributed by atoms with Crippen molar-refractivity contribution in [2.75, 3.05) is 52.2 Å². The predicted octanol–water partition coefficient (Wildman–Crippen LogP) is 1.88. The Morgan fingerprint density at radius 2 is 2.00 bits per heavy atom. The zero-order valence-corrected chi connectivity index (χ0v) is 20.5. The molecule has 2 heterocycles. The van der Waals surface area contributed by atoms with E-state index in [1.54, 1.807) is 7.05 Å². The third-order valence-corrected chi connectivity index (χ3v) is 7.27. The largest absolute Gasteiger partial charge is 0.381 e. The summed E-state index contributed by atoms with van der Waals surface area (Å²) in [5.41, 5.74) is 0. The Morgan fingerprint density at radius 3 is 2.63 bits per heavy atom. The average Bonchev–Trinajstić information content (AvgIpc) is 3.22. The minimum atomic E-state index is -3.68. The minimum absolute atomic E-state index is 0. The molecular formula is C20H32FIN4O3S. The van der Waals surface area contributed by atoms with E-state index in [1.807, 2.05) is 0 Å². The molecule has 10 heteroatoms. The van der Waals surface area contributed by atoms with Crippen LogP contribution in [0, 0.1) is 11.7 Å². The Bertz CT molecular complexity index is 795. The average molecular weight is 554 g/mol. The van der Waals surface area contributed by atoms with Gasteiger partial charge in [0.25, 0.3) is 0 Å². The summed E-state index contributed by atoms with van der Waals surface area (Å²) >= 11 is 0. The van der Waals surface area contributed by atoms with Gasteiger partial charge in [-0.3, -0.25) is 4.99 Å². The molecule has 1 aromatic carbocycles. The van der Waals surface area contributed by atoms with Crippen LogP contribution in [0.5, 0.6) is 0 Å². The van der Waals surface area contributed by atoms with Gasteiger partial charge in [0.2, 0.25) is 0 Å². The number of guanidine groups is 1. The topological polar surface area (TPSA) is 83.0 Å². The fourth-order valence-corrected chi connectivity index (χ4v) is 5.09. The van der Waals surface area contributed by atoms with Crippen molar-refractivity contribution in [1.82, 2.24) is 15.5 Å². The van der Waals surface area contributed by atoms with Crippen LogP contribution in [-0.4, -0.2) is 77.5 Å². The molecule has 7 nitrogen and oxygen atoms in total. The summed E-state index contributed by atoms with van der Waals surface area (Å²) in [5, 5.41) is 6.41. The molecule has 1 unspecified atom stereocenters. The van der Waals surface area contributed by atoms with Gasteiger partial charge < -0.3 is 20.3 Å². The number of rotatable bonds is 7. The van der Waals surface area contributed by atoms with E-state index < -0.39 is 15.7 Å². The molecule has 2 fully saturated rings. The van der Waals surface area contributed by atoms with E-state index in [-0.39, 0.29) is 41.2 Å². The van der Waals surface area contributed by atoms with Gasteiger partial charge in [-0.15, -0.1) is 24.0 Å². The first-order chi connectivity index (χ1) is 14.0. The van der Waals surface area contributed by atoms with Gasteiger partial charge in [0, 0.05) is 45.9 Å². The zero-order chi connectivity index (χ0) is 20.7. The van der Waals surface area contributed by atoms with Gasteiger partial charge in [-0.05, 0) is 37.3 Å². The lowest BCUT2D eigenvalue weighted by atomic mass is 10.0. The van der Waals surface area contributed by atoms with Crippen molar-refractivity contribution in [3.05, 3.63) is 30.1 Å². The predicted molar refractivity (Wildman–Crippen MR) is 127 cm³/mol. The summed E-state index contributed by atoms with van der Waals surface area (Å²) in [6, 6.07) is 5.76. The van der Waals surface area contributed by atoms with Crippen LogP contribution in [0.2, 0.25) is 0 Å². The van der Waals surface area contributed by atoms with Crippen LogP contribution in [0.15, 0.2) is 34.2 Å². The molecule has 3 rings (SSSR count). The van der Waals surface area contributed by atoms with Crippen LogP contribution in [0.4, 0.5) is 4.39 Å². The Morgan fingerprint density at radius 1 is 1.27 bits per heavy atom. The lowest BCUT2D eigenvalue weighted by Crippen LogP contribution is -2.49. The Kier molecular flexibility index (Phi) is 10.2. The summed E-state index contributed by atoms with van der Waals surface area (Å²) in [7, 11) is -2.02. The maximum absolute atomic E-state index is 13.8. The fraction of sp³-hybridized carbons (Fsp3) is 0.650. The Balaban J connectivity index is 0.00000320. The lowest BCUT2D eigenvalue weighted by molar-refractivity contribution is 0.150. The zero-order valence-electron chi connectivity index (χ0n) is 17.3. The number of hydrogen-bond acceptors (Lipinski definition) is 5. The Hall–Kier alpha value is -0.980. The molecule has 0 bridgehead atoms. The first-order valence-corrected chi connectivity index (χ1v) is 11.9. The van der Waals surface area contributed by atoms with Gasteiger partial charge in [-0.2, -0.15) is 0 Å². The number of likely N-dealkylation sites (tertiary alicyclic amines) is 1. The highest BCUT2D eigenvalue weighted by atomic mass is 127. The van der Waals surface area contributed by atoms with Gasteiger partial charge in [0.15, 0.2) is 15.8 Å². The SMILES string of the molecule is CN=C(NCCS(=O)(=O)c1ccccc1F)NC1CCN(CC2CCOC2)CC1.I. The molecule has 2 saturated heterocycles. The molecular weight excluding hydrogens is 522 g/mol. The van der Waals surface area contributed by atoms with Crippen molar-refractivity contribution >= 4 is 39.8 Å². The third kappa shape index (κ3) is 7.31. The minimum Gasteiger partial charge on any atom is -0.381 e. The summed E-state index contributed by atoms with van der Waals surface area (Å²) < 4.78 is 43.9. The highest BCUT2D eigenvalue weighted by Crippen LogP contribution is 2.18. The smallest absolute Gasteiger partial charge is 0.191 e. The van der Waals surface area contributed by atoms with Crippen molar-refractivity contribution in [3.63, 3.8) is 0 Å². The second kappa shape index (κ2) is 12.2. The molecule has 0 spiro atoms. The Labute approximate surface area is 195 Å². The van der Waals surface area contributed by atoms with E-state index in [1.165, 1.54) is 18.2 Å². The number of benzene rings is 1. The van der Waals surface area contributed by atoms with Gasteiger partial charge >= 0.3 is 0 Å². The normalized spacial score (nSPS) is 21.3. The highest BCUT2D eigenvalue weighted by Gasteiger charge is 2.24. The maximum atomic E-state index is 13.8. The second-order valence-electron chi connectivity index (χ2n) is 7.70. The van der Waals surface area contributed by atoms with Crippen LogP contribution < -0.4 is 10.6 Å². The highest BCUT2D eigenvalue weighted by molar-refractivity contribution is 14.0. The molecule has 2 aliphatic heterocycles. The van der Waals surface area contributed by atoms with E-state index in [4.69, 9.17) is 4.74 Å². The van der Waals surface area contributed by atoms with Crippen molar-refractivity contribution in [3.8, 4) is 0 Å².